The molecule has 0 saturated carbocycles. The van der Waals surface area contributed by atoms with Crippen LogP contribution in [0.5, 0.6) is 0 Å². The highest BCUT2D eigenvalue weighted by atomic mass is 79.9. The second kappa shape index (κ2) is 5.37. The van der Waals surface area contributed by atoms with E-state index in [9.17, 15) is 10.1 Å². The molecule has 3 nitrogen and oxygen atoms in total. The van der Waals surface area contributed by atoms with E-state index in [4.69, 9.17) is 0 Å². The van der Waals surface area contributed by atoms with Crippen molar-refractivity contribution in [3.05, 3.63) is 73.2 Å². The minimum atomic E-state index is -0.263. The molecular weight excluding hydrogens is 318 g/mol. The molecule has 0 saturated heterocycles. The molecule has 0 amide bonds. The molecule has 2 aromatic carbocycles. The van der Waals surface area contributed by atoms with Gasteiger partial charge in [0.2, 0.25) is 0 Å². The average Bonchev–Trinajstić information content (AvgIpc) is 2.42. The first-order chi connectivity index (χ1) is 9.63. The Labute approximate surface area is 125 Å². The van der Waals surface area contributed by atoms with Crippen molar-refractivity contribution < 1.29 is 4.92 Å². The second-order valence-electron chi connectivity index (χ2n) is 5.15. The van der Waals surface area contributed by atoms with Crippen molar-refractivity contribution in [1.82, 2.24) is 0 Å². The van der Waals surface area contributed by atoms with Crippen molar-refractivity contribution in [1.29, 1.82) is 0 Å². The molecule has 102 valence electrons. The van der Waals surface area contributed by atoms with Gasteiger partial charge < -0.3 is 0 Å². The van der Waals surface area contributed by atoms with Crippen LogP contribution in [0.25, 0.3) is 0 Å². The van der Waals surface area contributed by atoms with Gasteiger partial charge in [0.15, 0.2) is 0 Å². The summed E-state index contributed by atoms with van der Waals surface area (Å²) in [7, 11) is 0. The monoisotopic (exact) mass is 331 g/mol. The van der Waals surface area contributed by atoms with Crippen LogP contribution in [0.3, 0.4) is 0 Å². The third-order valence-corrected chi connectivity index (χ3v) is 4.57. The van der Waals surface area contributed by atoms with Crippen LogP contribution in [0.2, 0.25) is 0 Å². The first kappa shape index (κ1) is 13.3. The van der Waals surface area contributed by atoms with Gasteiger partial charge in [0.05, 0.1) is 4.92 Å². The van der Waals surface area contributed by atoms with Gasteiger partial charge in [-0.05, 0) is 48.4 Å². The zero-order valence-corrected chi connectivity index (χ0v) is 12.5. The van der Waals surface area contributed by atoms with E-state index in [1.54, 1.807) is 6.07 Å². The lowest BCUT2D eigenvalue weighted by Gasteiger charge is -2.11. The van der Waals surface area contributed by atoms with Gasteiger partial charge in [-0.2, -0.15) is 0 Å². The summed E-state index contributed by atoms with van der Waals surface area (Å²) in [4.78, 5) is 10.9. The molecule has 0 heterocycles. The van der Waals surface area contributed by atoms with Crippen LogP contribution in [0.1, 0.15) is 22.3 Å². The number of hydrogen-bond donors (Lipinski definition) is 0. The quantitative estimate of drug-likeness (QED) is 0.579. The normalized spacial score (nSPS) is 13.8. The minimum absolute atomic E-state index is 0.258. The predicted octanol–water partition coefficient (Wildman–Crippen LogP) is 4.24. The van der Waals surface area contributed by atoms with Gasteiger partial charge in [-0.3, -0.25) is 10.1 Å². The number of benzene rings is 2. The Balaban J connectivity index is 2.06. The molecule has 0 atom stereocenters. The lowest BCUT2D eigenvalue weighted by molar-refractivity contribution is -0.385. The molecule has 2 aromatic rings. The van der Waals surface area contributed by atoms with Gasteiger partial charge >= 0.3 is 0 Å². The molecule has 6 rings (SSSR count). The molecule has 4 bridgehead atoms. The summed E-state index contributed by atoms with van der Waals surface area (Å²) in [6.45, 7) is 0. The summed E-state index contributed by atoms with van der Waals surface area (Å²) in [6, 6.07) is 12.1. The predicted molar refractivity (Wildman–Crippen MR) is 82.1 cm³/mol. The van der Waals surface area contributed by atoms with Crippen LogP contribution in [-0.4, -0.2) is 4.92 Å². The van der Waals surface area contributed by atoms with Crippen molar-refractivity contribution in [2.45, 2.75) is 25.7 Å². The van der Waals surface area contributed by atoms with Crippen molar-refractivity contribution in [2.24, 2.45) is 0 Å². The van der Waals surface area contributed by atoms with E-state index in [1.165, 1.54) is 11.1 Å². The number of nitrogens with zero attached hydrogens (tertiary/aromatic N) is 1. The molecule has 0 fully saturated rings. The SMILES string of the molecule is O=[N+]([O-])c1cc2ccc1CCc1ccc(cc1Br)CC2. The first-order valence-corrected chi connectivity index (χ1v) is 7.46. The topological polar surface area (TPSA) is 43.1 Å². The number of rotatable bonds is 1. The number of nitro benzene ring substituents is 1. The van der Waals surface area contributed by atoms with E-state index < -0.39 is 0 Å². The molecule has 0 aliphatic heterocycles. The molecule has 0 spiro atoms. The van der Waals surface area contributed by atoms with Crippen molar-refractivity contribution in [2.75, 3.05) is 0 Å². The van der Waals surface area contributed by atoms with E-state index in [0.29, 0.717) is 6.42 Å². The standard InChI is InChI=1S/C16H14BrNO2/c17-15-9-11-1-2-12-4-6-14(16(10-12)18(19)20)8-7-13(15)5-3-11/h3-6,9-10H,1-2,7-8H2. The fourth-order valence-electron chi connectivity index (χ4n) is 2.65. The van der Waals surface area contributed by atoms with Crippen molar-refractivity contribution in [3.8, 4) is 0 Å². The van der Waals surface area contributed by atoms with Gasteiger partial charge in [0.25, 0.3) is 5.69 Å². The van der Waals surface area contributed by atoms with Crippen LogP contribution in [-0.2, 0) is 25.7 Å². The summed E-state index contributed by atoms with van der Waals surface area (Å²) < 4.78 is 1.10. The number of aryl methyl sites for hydroxylation is 4. The van der Waals surface area contributed by atoms with Gasteiger partial charge in [-0.15, -0.1) is 0 Å². The van der Waals surface area contributed by atoms with Crippen LogP contribution < -0.4 is 0 Å². The minimum Gasteiger partial charge on any atom is -0.258 e. The highest BCUT2D eigenvalue weighted by Gasteiger charge is 2.16. The van der Waals surface area contributed by atoms with E-state index >= 15 is 0 Å². The second-order valence-corrected chi connectivity index (χ2v) is 6.00. The molecule has 4 aliphatic carbocycles. The number of nitro groups is 1. The van der Waals surface area contributed by atoms with Gasteiger partial charge in [0, 0.05) is 16.1 Å². The molecule has 4 aliphatic rings. The number of hydrogen-bond acceptors (Lipinski definition) is 2. The Kier molecular flexibility index (Phi) is 3.57. The Bertz CT molecular complexity index is 682. The summed E-state index contributed by atoms with van der Waals surface area (Å²) >= 11 is 3.60. The Morgan fingerprint density at radius 3 is 2.15 bits per heavy atom. The van der Waals surface area contributed by atoms with E-state index in [1.807, 2.05) is 12.1 Å². The van der Waals surface area contributed by atoms with Crippen molar-refractivity contribution in [3.63, 3.8) is 0 Å². The molecule has 20 heavy (non-hydrogen) atoms. The van der Waals surface area contributed by atoms with E-state index in [-0.39, 0.29) is 10.6 Å². The first-order valence-electron chi connectivity index (χ1n) is 6.67. The highest BCUT2D eigenvalue weighted by molar-refractivity contribution is 9.10. The third-order valence-electron chi connectivity index (χ3n) is 3.83. The zero-order chi connectivity index (χ0) is 14.1. The fourth-order valence-corrected chi connectivity index (χ4v) is 3.28. The lowest BCUT2D eigenvalue weighted by atomic mass is 9.95. The van der Waals surface area contributed by atoms with Crippen molar-refractivity contribution >= 4 is 21.6 Å². The smallest absolute Gasteiger partial charge is 0.258 e. The molecule has 0 radical (unpaired) electrons. The maximum Gasteiger partial charge on any atom is 0.272 e. The summed E-state index contributed by atoms with van der Waals surface area (Å²) in [5.74, 6) is 0. The Morgan fingerprint density at radius 1 is 0.900 bits per heavy atom. The largest absolute Gasteiger partial charge is 0.272 e. The summed E-state index contributed by atoms with van der Waals surface area (Å²) in [5, 5.41) is 11.2. The molecule has 4 heteroatoms. The molecule has 0 aromatic heterocycles. The summed E-state index contributed by atoms with van der Waals surface area (Å²) in [6.07, 6.45) is 3.22. The van der Waals surface area contributed by atoms with E-state index in [2.05, 4.69) is 34.1 Å². The maximum absolute atomic E-state index is 11.2. The number of halogens is 1. The van der Waals surface area contributed by atoms with Crippen LogP contribution in [0.15, 0.2) is 40.9 Å². The van der Waals surface area contributed by atoms with E-state index in [0.717, 1.165) is 34.9 Å². The Hall–Kier alpha value is -1.68. The van der Waals surface area contributed by atoms with Crippen LogP contribution in [0, 0.1) is 10.1 Å². The van der Waals surface area contributed by atoms with Crippen LogP contribution >= 0.6 is 15.9 Å². The van der Waals surface area contributed by atoms with Gasteiger partial charge in [0.1, 0.15) is 0 Å². The molecule has 0 unspecified atom stereocenters. The van der Waals surface area contributed by atoms with Gasteiger partial charge in [-0.1, -0.05) is 40.2 Å². The zero-order valence-electron chi connectivity index (χ0n) is 10.9. The van der Waals surface area contributed by atoms with Crippen LogP contribution in [0.4, 0.5) is 5.69 Å². The third kappa shape index (κ3) is 2.61. The fraction of sp³-hybridized carbons (Fsp3) is 0.250. The Morgan fingerprint density at radius 2 is 1.50 bits per heavy atom. The summed E-state index contributed by atoms with van der Waals surface area (Å²) in [5.41, 5.74) is 4.56. The maximum atomic E-state index is 11.2. The molecular formula is C16H14BrNO2. The average molecular weight is 332 g/mol. The van der Waals surface area contributed by atoms with Gasteiger partial charge in [-0.25, -0.2) is 0 Å². The molecule has 0 N–H and O–H groups in total. The highest BCUT2D eigenvalue weighted by Crippen LogP contribution is 2.27. The lowest BCUT2D eigenvalue weighted by Crippen LogP contribution is -2.02.